The van der Waals surface area contributed by atoms with Crippen LogP contribution in [0.1, 0.15) is 21.5 Å². The second-order valence-corrected chi connectivity index (χ2v) is 6.57. The Balaban J connectivity index is 2.01. The van der Waals surface area contributed by atoms with Crippen LogP contribution in [0.15, 0.2) is 67.0 Å². The first-order valence-corrected chi connectivity index (χ1v) is 8.52. The molecule has 1 aromatic heterocycles. The van der Waals surface area contributed by atoms with Crippen LogP contribution in [0.5, 0.6) is 0 Å². The van der Waals surface area contributed by atoms with Crippen LogP contribution >= 0.6 is 23.2 Å². The summed E-state index contributed by atoms with van der Waals surface area (Å²) in [7, 11) is 0. The van der Waals surface area contributed by atoms with E-state index in [1.807, 2.05) is 49.4 Å². The Labute approximate surface area is 156 Å². The van der Waals surface area contributed by atoms with E-state index in [2.05, 4.69) is 4.98 Å². The third kappa shape index (κ3) is 4.19. The number of aryl methyl sites for hydroxylation is 1. The summed E-state index contributed by atoms with van der Waals surface area (Å²) in [5, 5.41) is 1.09. The van der Waals surface area contributed by atoms with Gasteiger partial charge in [-0.1, -0.05) is 41.4 Å². The van der Waals surface area contributed by atoms with Crippen molar-refractivity contribution in [1.29, 1.82) is 0 Å². The number of aromatic nitrogens is 1. The molecule has 0 radical (unpaired) electrons. The number of rotatable bonds is 4. The van der Waals surface area contributed by atoms with E-state index in [-0.39, 0.29) is 5.91 Å². The minimum Gasteiger partial charge on any atom is -0.304 e. The molecule has 0 spiro atoms. The van der Waals surface area contributed by atoms with Gasteiger partial charge >= 0.3 is 0 Å². The van der Waals surface area contributed by atoms with Crippen molar-refractivity contribution in [3.05, 3.63) is 93.7 Å². The van der Waals surface area contributed by atoms with Crippen molar-refractivity contribution in [1.82, 2.24) is 4.98 Å². The van der Waals surface area contributed by atoms with Crippen LogP contribution < -0.4 is 4.90 Å². The van der Waals surface area contributed by atoms with Gasteiger partial charge in [0, 0.05) is 33.7 Å². The van der Waals surface area contributed by atoms with E-state index in [1.54, 1.807) is 29.4 Å². The zero-order chi connectivity index (χ0) is 17.8. The molecule has 0 fully saturated rings. The molecule has 3 aromatic rings. The van der Waals surface area contributed by atoms with E-state index in [0.717, 1.165) is 16.8 Å². The van der Waals surface area contributed by atoms with Gasteiger partial charge in [0.05, 0.1) is 6.54 Å². The summed E-state index contributed by atoms with van der Waals surface area (Å²) in [5.74, 6) is -0.0952. The van der Waals surface area contributed by atoms with Crippen LogP contribution in [-0.2, 0) is 6.54 Å². The summed E-state index contributed by atoms with van der Waals surface area (Å²) in [5.41, 5.74) is 3.12. The van der Waals surface area contributed by atoms with Crippen molar-refractivity contribution < 1.29 is 4.79 Å². The largest absolute Gasteiger partial charge is 0.304 e. The number of halogens is 2. The van der Waals surface area contributed by atoms with Crippen LogP contribution in [0.2, 0.25) is 10.0 Å². The fourth-order valence-corrected chi connectivity index (χ4v) is 3.20. The van der Waals surface area contributed by atoms with Gasteiger partial charge in [-0.05, 0) is 54.4 Å². The number of nitrogens with zero attached hydrogens (tertiary/aromatic N) is 2. The number of pyridine rings is 1. The Morgan fingerprint density at radius 3 is 2.36 bits per heavy atom. The summed E-state index contributed by atoms with van der Waals surface area (Å²) < 4.78 is 0. The van der Waals surface area contributed by atoms with Crippen molar-refractivity contribution in [3.63, 3.8) is 0 Å². The highest BCUT2D eigenvalue weighted by atomic mass is 35.5. The summed E-state index contributed by atoms with van der Waals surface area (Å²) in [4.78, 5) is 18.9. The lowest BCUT2D eigenvalue weighted by atomic mass is 10.1. The first-order chi connectivity index (χ1) is 12.0. The van der Waals surface area contributed by atoms with E-state index in [4.69, 9.17) is 23.2 Å². The average molecular weight is 371 g/mol. The quantitative estimate of drug-likeness (QED) is 0.603. The second kappa shape index (κ2) is 7.68. The van der Waals surface area contributed by atoms with Crippen molar-refractivity contribution in [2.24, 2.45) is 0 Å². The van der Waals surface area contributed by atoms with Crippen molar-refractivity contribution >= 4 is 34.8 Å². The number of amides is 1. The Bertz CT molecular complexity index is 877. The molecule has 3 rings (SSSR count). The van der Waals surface area contributed by atoms with Gasteiger partial charge in [-0.25, -0.2) is 0 Å². The van der Waals surface area contributed by atoms with E-state index < -0.39 is 0 Å². The minimum absolute atomic E-state index is 0.0952. The lowest BCUT2D eigenvalue weighted by molar-refractivity contribution is 0.0984. The lowest BCUT2D eigenvalue weighted by Crippen LogP contribution is -2.31. The van der Waals surface area contributed by atoms with Crippen LogP contribution in [0.4, 0.5) is 5.69 Å². The molecule has 2 aromatic carbocycles. The molecule has 0 saturated carbocycles. The maximum absolute atomic E-state index is 13.2. The monoisotopic (exact) mass is 370 g/mol. The molecule has 0 saturated heterocycles. The van der Waals surface area contributed by atoms with Gasteiger partial charge in [0.25, 0.3) is 5.91 Å². The maximum atomic E-state index is 13.2. The predicted molar refractivity (Wildman–Crippen MR) is 102 cm³/mol. The fraction of sp³-hybridized carbons (Fsp3) is 0.100. The molecule has 1 amide bonds. The van der Waals surface area contributed by atoms with Gasteiger partial charge in [0.1, 0.15) is 0 Å². The average Bonchev–Trinajstić information content (AvgIpc) is 2.59. The van der Waals surface area contributed by atoms with Crippen LogP contribution in [0, 0.1) is 6.92 Å². The molecule has 0 unspecified atom stereocenters. The number of carbonyl (C=O) groups excluding carboxylic acids is 1. The summed E-state index contributed by atoms with van der Waals surface area (Å²) >= 11 is 12.2. The van der Waals surface area contributed by atoms with Crippen LogP contribution in [-0.4, -0.2) is 10.9 Å². The van der Waals surface area contributed by atoms with Gasteiger partial charge in [-0.15, -0.1) is 0 Å². The highest BCUT2D eigenvalue weighted by Gasteiger charge is 2.20. The molecule has 25 heavy (non-hydrogen) atoms. The van der Waals surface area contributed by atoms with E-state index in [0.29, 0.717) is 22.2 Å². The second-order valence-electron chi connectivity index (χ2n) is 5.70. The van der Waals surface area contributed by atoms with Crippen molar-refractivity contribution in [2.45, 2.75) is 13.5 Å². The molecule has 0 N–H and O–H groups in total. The molecule has 0 bridgehead atoms. The number of para-hydroxylation sites is 1. The maximum Gasteiger partial charge on any atom is 0.258 e. The van der Waals surface area contributed by atoms with Gasteiger partial charge in [0.15, 0.2) is 0 Å². The number of benzene rings is 2. The van der Waals surface area contributed by atoms with E-state index in [9.17, 15) is 4.79 Å². The van der Waals surface area contributed by atoms with Crippen molar-refractivity contribution in [2.75, 3.05) is 4.90 Å². The normalized spacial score (nSPS) is 10.5. The summed E-state index contributed by atoms with van der Waals surface area (Å²) in [6, 6.07) is 16.6. The zero-order valence-corrected chi connectivity index (χ0v) is 15.1. The van der Waals surface area contributed by atoms with E-state index in [1.165, 1.54) is 0 Å². The molecule has 0 atom stereocenters. The summed E-state index contributed by atoms with van der Waals surface area (Å²) in [6.45, 7) is 2.24. The zero-order valence-electron chi connectivity index (χ0n) is 13.6. The third-order valence-corrected chi connectivity index (χ3v) is 4.26. The highest BCUT2D eigenvalue weighted by Crippen LogP contribution is 2.24. The molecule has 0 aliphatic carbocycles. The molecule has 0 aliphatic heterocycles. The first kappa shape index (κ1) is 17.5. The Hall–Kier alpha value is -2.36. The van der Waals surface area contributed by atoms with Gasteiger partial charge < -0.3 is 4.90 Å². The Morgan fingerprint density at radius 1 is 1.04 bits per heavy atom. The molecular weight excluding hydrogens is 355 g/mol. The highest BCUT2D eigenvalue weighted by molar-refractivity contribution is 6.34. The molecule has 0 aliphatic rings. The van der Waals surface area contributed by atoms with Gasteiger partial charge in [0.2, 0.25) is 0 Å². The smallest absolute Gasteiger partial charge is 0.258 e. The number of anilines is 1. The van der Waals surface area contributed by atoms with Crippen LogP contribution in [0.3, 0.4) is 0 Å². The third-order valence-electron chi connectivity index (χ3n) is 3.83. The standard InChI is InChI=1S/C20H16Cl2N2O/c1-14-12-23-8-7-19(14)20(25)24(18-5-3-2-4-6-18)13-15-9-16(21)11-17(22)10-15/h2-12H,13H2,1H3. The fourth-order valence-electron chi connectivity index (χ4n) is 2.63. The number of hydrogen-bond donors (Lipinski definition) is 0. The molecule has 1 heterocycles. The molecule has 126 valence electrons. The topological polar surface area (TPSA) is 33.2 Å². The Morgan fingerprint density at radius 2 is 1.72 bits per heavy atom. The lowest BCUT2D eigenvalue weighted by Gasteiger charge is -2.24. The van der Waals surface area contributed by atoms with Crippen molar-refractivity contribution in [3.8, 4) is 0 Å². The summed E-state index contributed by atoms with van der Waals surface area (Å²) in [6.07, 6.45) is 3.31. The molecule has 3 nitrogen and oxygen atoms in total. The van der Waals surface area contributed by atoms with E-state index >= 15 is 0 Å². The van der Waals surface area contributed by atoms with Gasteiger partial charge in [-0.3, -0.25) is 9.78 Å². The number of hydrogen-bond acceptors (Lipinski definition) is 2. The molecular formula is C20H16Cl2N2O. The SMILES string of the molecule is Cc1cnccc1C(=O)N(Cc1cc(Cl)cc(Cl)c1)c1ccccc1. The van der Waals surface area contributed by atoms with Crippen LogP contribution in [0.25, 0.3) is 0 Å². The first-order valence-electron chi connectivity index (χ1n) is 7.77. The molecule has 5 heteroatoms. The predicted octanol–water partition coefficient (Wildman–Crippen LogP) is 5.54. The number of carbonyl (C=O) groups is 1. The minimum atomic E-state index is -0.0952. The Kier molecular flexibility index (Phi) is 5.37. The van der Waals surface area contributed by atoms with Gasteiger partial charge in [-0.2, -0.15) is 0 Å².